The van der Waals surface area contributed by atoms with Crippen molar-refractivity contribution in [2.24, 2.45) is 17.3 Å². The maximum Gasteiger partial charge on any atom is 0.324 e. The molecule has 62 heavy (non-hydrogen) atoms. The summed E-state index contributed by atoms with van der Waals surface area (Å²) in [4.78, 5) is 61.4. The molecule has 3 N–H and O–H groups in total. The average molecular weight is 857 g/mol. The van der Waals surface area contributed by atoms with Crippen molar-refractivity contribution < 1.29 is 42.5 Å². The summed E-state index contributed by atoms with van der Waals surface area (Å²) in [6, 6.07) is 11.9. The van der Waals surface area contributed by atoms with E-state index < -0.39 is 71.4 Å². The third kappa shape index (κ3) is 8.92. The van der Waals surface area contributed by atoms with Crippen molar-refractivity contribution in [3.8, 4) is 28.1 Å². The van der Waals surface area contributed by atoms with Gasteiger partial charge in [0, 0.05) is 68.2 Å². The Morgan fingerprint density at radius 3 is 2.53 bits per heavy atom. The summed E-state index contributed by atoms with van der Waals surface area (Å²) in [6.07, 6.45) is 2.19. The van der Waals surface area contributed by atoms with E-state index in [0.717, 1.165) is 43.9 Å². The smallest absolute Gasteiger partial charge is 0.324 e. The van der Waals surface area contributed by atoms with Crippen LogP contribution in [0.1, 0.15) is 83.7 Å². The van der Waals surface area contributed by atoms with Crippen LogP contribution in [0.4, 0.5) is 8.78 Å². The number of benzene rings is 2. The number of hydrogen-bond acceptors (Lipinski definition) is 9. The van der Waals surface area contributed by atoms with Gasteiger partial charge in [-0.25, -0.2) is 14.2 Å². The molecule has 7 rings (SSSR count). The molecule has 2 aliphatic heterocycles. The third-order valence-electron chi connectivity index (χ3n) is 12.5. The molecule has 2 aromatic heterocycles. The first-order chi connectivity index (χ1) is 29.3. The van der Waals surface area contributed by atoms with Gasteiger partial charge in [-0.15, -0.1) is 0 Å². The monoisotopic (exact) mass is 856 g/mol. The summed E-state index contributed by atoms with van der Waals surface area (Å²) in [5, 5.41) is 16.3. The first kappa shape index (κ1) is 44.6. The average Bonchev–Trinajstić information content (AvgIpc) is 3.78. The summed E-state index contributed by atoms with van der Waals surface area (Å²) in [5.74, 6) is -7.78. The molecule has 332 valence electrons. The Morgan fingerprint density at radius 1 is 1.11 bits per heavy atom. The number of nitrogens with zero attached hydrogens (tertiary/aromatic N) is 4. The molecular formula is C47H58F2N6O7. The van der Waals surface area contributed by atoms with Crippen LogP contribution in [-0.2, 0) is 48.0 Å². The van der Waals surface area contributed by atoms with Gasteiger partial charge in [0.25, 0.3) is 11.8 Å². The van der Waals surface area contributed by atoms with E-state index in [4.69, 9.17) is 14.5 Å². The number of pyridine rings is 1. The van der Waals surface area contributed by atoms with Crippen LogP contribution in [0.3, 0.4) is 0 Å². The minimum absolute atomic E-state index is 0.0547. The van der Waals surface area contributed by atoms with Crippen molar-refractivity contribution in [2.45, 2.75) is 110 Å². The molecule has 1 unspecified atom stereocenters. The highest BCUT2D eigenvalue weighted by Crippen LogP contribution is 2.50. The van der Waals surface area contributed by atoms with Crippen LogP contribution in [0.15, 0.2) is 54.7 Å². The number of likely N-dealkylation sites (N-methyl/N-ethyl adjacent to an activating group) is 1. The lowest BCUT2D eigenvalue weighted by atomic mass is 9.84. The molecule has 4 aromatic rings. The van der Waals surface area contributed by atoms with Crippen LogP contribution < -0.4 is 10.7 Å². The highest BCUT2D eigenvalue weighted by molar-refractivity contribution is 5.96. The van der Waals surface area contributed by atoms with Gasteiger partial charge in [0.05, 0.1) is 24.1 Å². The van der Waals surface area contributed by atoms with Gasteiger partial charge in [0.15, 0.2) is 0 Å². The van der Waals surface area contributed by atoms with E-state index in [1.165, 1.54) is 18.1 Å². The quantitative estimate of drug-likeness (QED) is 0.158. The number of ether oxygens (including phenoxy) is 2. The fourth-order valence-corrected chi connectivity index (χ4v) is 9.11. The van der Waals surface area contributed by atoms with Gasteiger partial charge in [0.1, 0.15) is 29.8 Å². The number of halogens is 2. The summed E-state index contributed by atoms with van der Waals surface area (Å²) in [5.41, 5.74) is 9.20. The van der Waals surface area contributed by atoms with E-state index in [1.807, 2.05) is 39.0 Å². The molecule has 1 saturated carbocycles. The Kier molecular flexibility index (Phi) is 12.5. The van der Waals surface area contributed by atoms with Gasteiger partial charge in [-0.2, -0.15) is 0 Å². The van der Waals surface area contributed by atoms with Crippen molar-refractivity contribution in [3.05, 3.63) is 71.5 Å². The Balaban J connectivity index is 1.35. The number of aryl methyl sites for hydroxylation is 1. The first-order valence-corrected chi connectivity index (χ1v) is 21.5. The lowest BCUT2D eigenvalue weighted by Gasteiger charge is -2.36. The maximum absolute atomic E-state index is 14.5. The third-order valence-corrected chi connectivity index (χ3v) is 12.5. The predicted octanol–water partition coefficient (Wildman–Crippen LogP) is 6.59. The molecule has 3 aliphatic rings. The van der Waals surface area contributed by atoms with Crippen LogP contribution in [0.25, 0.3) is 33.3 Å². The fourth-order valence-electron chi connectivity index (χ4n) is 9.11. The zero-order chi connectivity index (χ0) is 44.8. The number of cyclic esters (lactones) is 1. The Hall–Kier alpha value is -5.41. The highest BCUT2D eigenvalue weighted by atomic mass is 19.3. The van der Waals surface area contributed by atoms with Crippen LogP contribution in [0, 0.1) is 17.3 Å². The molecule has 1 saturated heterocycles. The number of aromatic hydroxyl groups is 1. The van der Waals surface area contributed by atoms with Crippen molar-refractivity contribution in [1.82, 2.24) is 30.2 Å². The van der Waals surface area contributed by atoms with Crippen molar-refractivity contribution in [3.63, 3.8) is 0 Å². The van der Waals surface area contributed by atoms with Crippen LogP contribution in [0.5, 0.6) is 5.75 Å². The Morgan fingerprint density at radius 2 is 1.85 bits per heavy atom. The van der Waals surface area contributed by atoms with Gasteiger partial charge in [0.2, 0.25) is 11.8 Å². The number of esters is 1. The molecule has 3 amide bonds. The fraction of sp³-hybridized carbons (Fsp3) is 0.511. The highest BCUT2D eigenvalue weighted by Gasteiger charge is 2.62. The van der Waals surface area contributed by atoms with E-state index in [-0.39, 0.29) is 31.4 Å². The molecule has 4 heterocycles. The summed E-state index contributed by atoms with van der Waals surface area (Å²) in [7, 11) is 2.98. The van der Waals surface area contributed by atoms with Gasteiger partial charge < -0.3 is 29.4 Å². The maximum atomic E-state index is 14.5. The van der Waals surface area contributed by atoms with Gasteiger partial charge in [-0.05, 0) is 97.7 Å². The van der Waals surface area contributed by atoms with Crippen LogP contribution in [-0.4, -0.2) is 99.6 Å². The molecular weight excluding hydrogens is 799 g/mol. The SMILES string of the molecule is CCn1c(-c2cccnc2[C@H](C)OC)c2c3cc(ccc31)-c1cc(O)cc(c1)C[C@H](NC(=O)[C@H](C(C)C)N(C)C(=O)C1CC1(F)F)C(=O)N1CCC[C@H](N1)C(=O)OCC(C)(C)C2. The number of methoxy groups -OCH3 is 1. The largest absolute Gasteiger partial charge is 0.508 e. The van der Waals surface area contributed by atoms with E-state index in [2.05, 4.69) is 40.4 Å². The predicted molar refractivity (Wildman–Crippen MR) is 230 cm³/mol. The number of phenolic OH excluding ortho intramolecular Hbond substituents is 1. The van der Waals surface area contributed by atoms with Crippen LogP contribution >= 0.6 is 0 Å². The molecule has 6 bridgehead atoms. The number of amides is 3. The standard InChI is InChI=1S/C47H58F2N6O7/c1-9-54-38-15-14-29-22-33(38)34(41(54)32-12-10-16-50-39(32)27(4)61-8)23-46(5,6)25-62-45(60)36-13-11-17-55(52-36)44(59)37(20-28-18-30(29)21-31(56)19-28)51-42(57)40(26(2)3)53(7)43(58)35-24-47(35,48)49/h10,12,14-16,18-19,21-22,26-27,35-37,40,52,56H,9,11,13,17,20,23-25H2,1-8H3,(H,51,57)/t27-,35?,36-,37-,40-/m0/s1. The molecule has 0 spiro atoms. The Labute approximate surface area is 361 Å². The second-order valence-electron chi connectivity index (χ2n) is 18.2. The zero-order valence-electron chi connectivity index (χ0n) is 36.8. The summed E-state index contributed by atoms with van der Waals surface area (Å²) < 4.78 is 42.1. The second kappa shape index (κ2) is 17.4. The minimum atomic E-state index is -3.12. The Bertz CT molecular complexity index is 2380. The number of fused-ring (bicyclic) bond motifs is 6. The number of aromatic nitrogens is 2. The molecule has 2 fully saturated rings. The van der Waals surface area contributed by atoms with E-state index in [9.17, 15) is 33.1 Å². The lowest BCUT2D eigenvalue weighted by Crippen LogP contribution is -2.62. The van der Waals surface area contributed by atoms with E-state index >= 15 is 0 Å². The summed E-state index contributed by atoms with van der Waals surface area (Å²) in [6.45, 7) is 12.5. The van der Waals surface area contributed by atoms with Gasteiger partial charge in [-0.3, -0.25) is 29.2 Å². The zero-order valence-corrected chi connectivity index (χ0v) is 36.8. The van der Waals surface area contributed by atoms with Crippen molar-refractivity contribution in [1.29, 1.82) is 0 Å². The van der Waals surface area contributed by atoms with E-state index in [0.29, 0.717) is 36.9 Å². The number of hydrogen-bond donors (Lipinski definition) is 3. The topological polar surface area (TPSA) is 155 Å². The molecule has 5 atom stereocenters. The second-order valence-corrected chi connectivity index (χ2v) is 18.2. The number of carbonyl (C=O) groups is 4. The summed E-state index contributed by atoms with van der Waals surface area (Å²) >= 11 is 0. The molecule has 13 nitrogen and oxygen atoms in total. The van der Waals surface area contributed by atoms with Crippen molar-refractivity contribution in [2.75, 3.05) is 27.3 Å². The van der Waals surface area contributed by atoms with Crippen LogP contribution in [0.2, 0.25) is 0 Å². The lowest BCUT2D eigenvalue weighted by molar-refractivity contribution is -0.155. The number of carbonyl (C=O) groups excluding carboxylic acids is 4. The molecule has 15 heteroatoms. The normalized spacial score (nSPS) is 22.1. The minimum Gasteiger partial charge on any atom is -0.508 e. The number of rotatable bonds is 9. The molecule has 1 aliphatic carbocycles. The van der Waals surface area contributed by atoms with E-state index in [1.54, 1.807) is 33.2 Å². The molecule has 2 aromatic carbocycles. The van der Waals surface area contributed by atoms with Gasteiger partial charge >= 0.3 is 5.97 Å². The number of nitrogens with one attached hydrogen (secondary N) is 2. The number of phenols is 1. The molecule has 0 radical (unpaired) electrons. The van der Waals surface area contributed by atoms with Gasteiger partial charge in [-0.1, -0.05) is 39.8 Å². The van der Waals surface area contributed by atoms with Crippen molar-refractivity contribution >= 4 is 34.6 Å². The first-order valence-electron chi connectivity index (χ1n) is 21.5. The number of alkyl halides is 2. The number of hydrazine groups is 1.